The van der Waals surface area contributed by atoms with E-state index in [1.165, 1.54) is 58.3 Å². The molecule has 16 heavy (non-hydrogen) atoms. The zero-order valence-corrected chi connectivity index (χ0v) is 10.4. The van der Waals surface area contributed by atoms with E-state index >= 15 is 0 Å². The fourth-order valence-corrected chi connectivity index (χ4v) is 3.81. The van der Waals surface area contributed by atoms with Crippen LogP contribution < -0.4 is 0 Å². The standard InChI is InChI=1S/C13H24N2O/c1-16-13-5-4-11(9-13)15-8-7-14-6-2-3-12(14)10-15/h11-13H,2-10H2,1H3. The number of hydrogen-bond acceptors (Lipinski definition) is 3. The summed E-state index contributed by atoms with van der Waals surface area (Å²) in [5, 5.41) is 0. The third-order valence-electron chi connectivity index (χ3n) is 4.83. The normalized spacial score (nSPS) is 41.4. The summed E-state index contributed by atoms with van der Waals surface area (Å²) in [6.45, 7) is 5.27. The minimum atomic E-state index is 0.534. The maximum atomic E-state index is 5.48. The van der Waals surface area contributed by atoms with Crippen molar-refractivity contribution in [2.45, 2.75) is 50.3 Å². The molecule has 0 aromatic carbocycles. The Balaban J connectivity index is 1.56. The van der Waals surface area contributed by atoms with E-state index in [0.717, 1.165) is 12.1 Å². The predicted molar refractivity (Wildman–Crippen MR) is 64.6 cm³/mol. The Morgan fingerprint density at radius 2 is 1.81 bits per heavy atom. The van der Waals surface area contributed by atoms with Crippen molar-refractivity contribution < 1.29 is 4.74 Å². The van der Waals surface area contributed by atoms with Gasteiger partial charge in [-0.05, 0) is 38.6 Å². The van der Waals surface area contributed by atoms with Gasteiger partial charge in [-0.3, -0.25) is 9.80 Å². The Labute approximate surface area is 98.7 Å². The van der Waals surface area contributed by atoms with Gasteiger partial charge in [0.25, 0.3) is 0 Å². The lowest BCUT2D eigenvalue weighted by atomic mass is 10.1. The van der Waals surface area contributed by atoms with Gasteiger partial charge in [0.05, 0.1) is 6.10 Å². The number of rotatable bonds is 2. The molecule has 3 rings (SSSR count). The molecule has 1 aliphatic carbocycles. The second-order valence-corrected chi connectivity index (χ2v) is 5.65. The first-order chi connectivity index (χ1) is 7.86. The zero-order valence-electron chi connectivity index (χ0n) is 10.4. The van der Waals surface area contributed by atoms with Crippen LogP contribution in [0.4, 0.5) is 0 Å². The summed E-state index contributed by atoms with van der Waals surface area (Å²) in [5.74, 6) is 0. The summed E-state index contributed by atoms with van der Waals surface area (Å²) in [7, 11) is 1.86. The SMILES string of the molecule is COC1CCC(N2CCN3CCCC3C2)C1. The Hall–Kier alpha value is -0.120. The average molecular weight is 224 g/mol. The number of nitrogens with zero attached hydrogens (tertiary/aromatic N) is 2. The van der Waals surface area contributed by atoms with Crippen LogP contribution >= 0.6 is 0 Å². The molecule has 2 heterocycles. The van der Waals surface area contributed by atoms with Gasteiger partial charge in [-0.1, -0.05) is 0 Å². The Morgan fingerprint density at radius 3 is 2.62 bits per heavy atom. The van der Waals surface area contributed by atoms with Gasteiger partial charge in [-0.25, -0.2) is 0 Å². The molecule has 0 aromatic heterocycles. The summed E-state index contributed by atoms with van der Waals surface area (Å²) in [4.78, 5) is 5.44. The Bertz CT molecular complexity index is 246. The monoisotopic (exact) mass is 224 g/mol. The van der Waals surface area contributed by atoms with Crippen LogP contribution in [0.15, 0.2) is 0 Å². The smallest absolute Gasteiger partial charge is 0.0586 e. The number of methoxy groups -OCH3 is 1. The molecule has 1 saturated carbocycles. The summed E-state index contributed by atoms with van der Waals surface area (Å²) in [5.41, 5.74) is 0. The molecule has 0 amide bonds. The van der Waals surface area contributed by atoms with Crippen LogP contribution in [0.25, 0.3) is 0 Å². The topological polar surface area (TPSA) is 15.7 Å². The van der Waals surface area contributed by atoms with Gasteiger partial charge in [0.2, 0.25) is 0 Å². The molecule has 3 heteroatoms. The van der Waals surface area contributed by atoms with E-state index in [1.54, 1.807) is 0 Å². The maximum Gasteiger partial charge on any atom is 0.0586 e. The highest BCUT2D eigenvalue weighted by molar-refractivity contribution is 4.92. The molecule has 3 unspecified atom stereocenters. The molecule has 3 aliphatic rings. The van der Waals surface area contributed by atoms with Crippen LogP contribution in [-0.2, 0) is 4.74 Å². The molecule has 2 aliphatic heterocycles. The van der Waals surface area contributed by atoms with Crippen LogP contribution in [0.1, 0.15) is 32.1 Å². The van der Waals surface area contributed by atoms with Crippen molar-refractivity contribution >= 4 is 0 Å². The second kappa shape index (κ2) is 4.63. The first kappa shape index (κ1) is 11.0. The third-order valence-corrected chi connectivity index (χ3v) is 4.83. The van der Waals surface area contributed by atoms with Crippen molar-refractivity contribution in [2.75, 3.05) is 33.3 Å². The van der Waals surface area contributed by atoms with Gasteiger partial charge in [0, 0.05) is 38.8 Å². The van der Waals surface area contributed by atoms with E-state index in [-0.39, 0.29) is 0 Å². The summed E-state index contributed by atoms with van der Waals surface area (Å²) < 4.78 is 5.48. The zero-order chi connectivity index (χ0) is 11.0. The number of hydrogen-bond donors (Lipinski definition) is 0. The summed E-state index contributed by atoms with van der Waals surface area (Å²) in [6, 6.07) is 1.68. The molecule has 3 nitrogen and oxygen atoms in total. The summed E-state index contributed by atoms with van der Waals surface area (Å²) in [6.07, 6.45) is 7.27. The fourth-order valence-electron chi connectivity index (χ4n) is 3.81. The van der Waals surface area contributed by atoms with Gasteiger partial charge in [-0.2, -0.15) is 0 Å². The molecule has 0 aromatic rings. The maximum absolute atomic E-state index is 5.48. The van der Waals surface area contributed by atoms with Crippen molar-refractivity contribution in [1.82, 2.24) is 9.80 Å². The average Bonchev–Trinajstić information content (AvgIpc) is 2.96. The van der Waals surface area contributed by atoms with E-state index in [2.05, 4.69) is 9.80 Å². The van der Waals surface area contributed by atoms with Crippen molar-refractivity contribution in [3.05, 3.63) is 0 Å². The van der Waals surface area contributed by atoms with E-state index in [9.17, 15) is 0 Å². The molecule has 2 saturated heterocycles. The minimum absolute atomic E-state index is 0.534. The molecule has 0 spiro atoms. The Kier molecular flexibility index (Phi) is 3.18. The predicted octanol–water partition coefficient (Wildman–Crippen LogP) is 1.33. The number of ether oxygens (including phenoxy) is 1. The van der Waals surface area contributed by atoms with Gasteiger partial charge in [0.15, 0.2) is 0 Å². The van der Waals surface area contributed by atoms with Crippen LogP contribution in [0.5, 0.6) is 0 Å². The molecule has 0 N–H and O–H groups in total. The molecule has 92 valence electrons. The molecule has 0 radical (unpaired) electrons. The van der Waals surface area contributed by atoms with Crippen LogP contribution in [0.3, 0.4) is 0 Å². The molecular weight excluding hydrogens is 200 g/mol. The number of piperazine rings is 1. The van der Waals surface area contributed by atoms with Gasteiger partial charge in [-0.15, -0.1) is 0 Å². The van der Waals surface area contributed by atoms with E-state index in [4.69, 9.17) is 4.74 Å². The van der Waals surface area contributed by atoms with E-state index < -0.39 is 0 Å². The van der Waals surface area contributed by atoms with Gasteiger partial charge >= 0.3 is 0 Å². The molecule has 3 fully saturated rings. The molecule has 3 atom stereocenters. The van der Waals surface area contributed by atoms with Crippen molar-refractivity contribution in [3.8, 4) is 0 Å². The van der Waals surface area contributed by atoms with E-state index in [0.29, 0.717) is 6.10 Å². The molecule has 0 bridgehead atoms. The van der Waals surface area contributed by atoms with Crippen LogP contribution in [-0.4, -0.2) is 61.3 Å². The second-order valence-electron chi connectivity index (χ2n) is 5.65. The third kappa shape index (κ3) is 2.01. The van der Waals surface area contributed by atoms with Crippen molar-refractivity contribution in [1.29, 1.82) is 0 Å². The highest BCUT2D eigenvalue weighted by atomic mass is 16.5. The first-order valence-corrected chi connectivity index (χ1v) is 6.87. The lowest BCUT2D eigenvalue weighted by Crippen LogP contribution is -2.53. The Morgan fingerprint density at radius 1 is 0.938 bits per heavy atom. The largest absolute Gasteiger partial charge is 0.381 e. The highest BCUT2D eigenvalue weighted by Gasteiger charge is 2.36. The van der Waals surface area contributed by atoms with E-state index in [1.807, 2.05) is 7.11 Å². The quantitative estimate of drug-likeness (QED) is 0.704. The van der Waals surface area contributed by atoms with Crippen LogP contribution in [0, 0.1) is 0 Å². The summed E-state index contributed by atoms with van der Waals surface area (Å²) >= 11 is 0. The van der Waals surface area contributed by atoms with Gasteiger partial charge < -0.3 is 4.74 Å². The highest BCUT2D eigenvalue weighted by Crippen LogP contribution is 2.30. The van der Waals surface area contributed by atoms with Crippen LogP contribution in [0.2, 0.25) is 0 Å². The first-order valence-electron chi connectivity index (χ1n) is 6.87. The fraction of sp³-hybridized carbons (Fsp3) is 1.00. The number of fused-ring (bicyclic) bond motifs is 1. The lowest BCUT2D eigenvalue weighted by molar-refractivity contribution is 0.0591. The van der Waals surface area contributed by atoms with Crippen molar-refractivity contribution in [3.63, 3.8) is 0 Å². The van der Waals surface area contributed by atoms with Crippen molar-refractivity contribution in [2.24, 2.45) is 0 Å². The minimum Gasteiger partial charge on any atom is -0.381 e. The van der Waals surface area contributed by atoms with Gasteiger partial charge in [0.1, 0.15) is 0 Å². The molecular formula is C13H24N2O. The lowest BCUT2D eigenvalue weighted by Gasteiger charge is -2.40.